The average molecular weight is 279 g/mol. The number of aromatic nitrogens is 2. The third-order valence-electron chi connectivity index (χ3n) is 3.89. The first-order valence-corrected chi connectivity index (χ1v) is 8.50. The lowest BCUT2D eigenvalue weighted by molar-refractivity contribution is 0.443. The molecule has 1 unspecified atom stereocenters. The maximum absolute atomic E-state index is 4.58. The van der Waals surface area contributed by atoms with Crippen LogP contribution in [-0.2, 0) is 6.54 Å². The van der Waals surface area contributed by atoms with Crippen molar-refractivity contribution in [2.75, 3.05) is 6.54 Å². The highest BCUT2D eigenvalue weighted by molar-refractivity contribution is 5.13. The minimum atomic E-state index is 0.465. The van der Waals surface area contributed by atoms with Gasteiger partial charge in [0.25, 0.3) is 0 Å². The van der Waals surface area contributed by atoms with Gasteiger partial charge in [-0.25, -0.2) is 0 Å². The summed E-state index contributed by atoms with van der Waals surface area (Å²) in [5.74, 6) is 0. The summed E-state index contributed by atoms with van der Waals surface area (Å²) in [7, 11) is 0. The van der Waals surface area contributed by atoms with Gasteiger partial charge in [0.05, 0.1) is 11.4 Å². The van der Waals surface area contributed by atoms with Crippen LogP contribution in [0.15, 0.2) is 6.07 Å². The molecule has 0 radical (unpaired) electrons. The van der Waals surface area contributed by atoms with E-state index >= 15 is 0 Å². The van der Waals surface area contributed by atoms with Gasteiger partial charge >= 0.3 is 0 Å². The Bertz CT molecular complexity index is 357. The Morgan fingerprint density at radius 3 is 2.45 bits per heavy atom. The number of nitrogens with zero attached hydrogens (tertiary/aromatic N) is 2. The number of aryl methyl sites for hydroxylation is 2. The van der Waals surface area contributed by atoms with Crippen LogP contribution in [0.2, 0.25) is 0 Å². The highest BCUT2D eigenvalue weighted by atomic mass is 15.3. The topological polar surface area (TPSA) is 29.9 Å². The summed E-state index contributed by atoms with van der Waals surface area (Å²) in [4.78, 5) is 0. The fourth-order valence-corrected chi connectivity index (χ4v) is 2.83. The van der Waals surface area contributed by atoms with Gasteiger partial charge in [0.15, 0.2) is 0 Å². The molecule has 1 aromatic heterocycles. The van der Waals surface area contributed by atoms with Crippen LogP contribution in [0.25, 0.3) is 0 Å². The van der Waals surface area contributed by atoms with E-state index < -0.39 is 0 Å². The third-order valence-corrected chi connectivity index (χ3v) is 3.89. The third kappa shape index (κ3) is 5.66. The van der Waals surface area contributed by atoms with E-state index in [4.69, 9.17) is 0 Å². The van der Waals surface area contributed by atoms with Crippen LogP contribution in [0.1, 0.15) is 83.1 Å². The summed E-state index contributed by atoms with van der Waals surface area (Å²) in [5, 5.41) is 8.21. The van der Waals surface area contributed by atoms with Gasteiger partial charge < -0.3 is 5.32 Å². The van der Waals surface area contributed by atoms with E-state index in [0.29, 0.717) is 6.04 Å². The Morgan fingerprint density at radius 1 is 1.10 bits per heavy atom. The van der Waals surface area contributed by atoms with Crippen LogP contribution in [0.4, 0.5) is 0 Å². The summed E-state index contributed by atoms with van der Waals surface area (Å²) in [6.07, 6.45) is 9.40. The average Bonchev–Trinajstić information content (AvgIpc) is 2.82. The monoisotopic (exact) mass is 279 g/mol. The van der Waals surface area contributed by atoms with Gasteiger partial charge in [-0.2, -0.15) is 5.10 Å². The first-order chi connectivity index (χ1) is 9.72. The van der Waals surface area contributed by atoms with Gasteiger partial charge in [-0.1, -0.05) is 52.4 Å². The Labute approximate surface area is 125 Å². The molecule has 0 saturated heterocycles. The highest BCUT2D eigenvalue weighted by Crippen LogP contribution is 2.21. The number of nitrogens with one attached hydrogen (secondary N) is 1. The molecule has 1 rings (SSSR count). The van der Waals surface area contributed by atoms with Crippen LogP contribution in [0.3, 0.4) is 0 Å². The zero-order valence-corrected chi connectivity index (χ0v) is 13.9. The molecule has 3 nitrogen and oxygen atoms in total. The predicted molar refractivity (Wildman–Crippen MR) is 87.0 cm³/mol. The molecule has 0 fully saturated rings. The summed E-state index contributed by atoms with van der Waals surface area (Å²) < 4.78 is 2.15. The molecule has 1 atom stereocenters. The van der Waals surface area contributed by atoms with Crippen LogP contribution in [-0.4, -0.2) is 16.3 Å². The SMILES string of the molecule is CCCCCCCCC(NCC)c1cc(C)nn1CC. The Hall–Kier alpha value is -0.830. The molecule has 0 aliphatic heterocycles. The van der Waals surface area contributed by atoms with Crippen molar-refractivity contribution in [1.29, 1.82) is 0 Å². The van der Waals surface area contributed by atoms with Gasteiger partial charge in [0.2, 0.25) is 0 Å². The molecule has 0 spiro atoms. The first-order valence-electron chi connectivity index (χ1n) is 8.50. The van der Waals surface area contributed by atoms with Gasteiger partial charge in [-0.3, -0.25) is 4.68 Å². The van der Waals surface area contributed by atoms with Crippen molar-refractivity contribution < 1.29 is 0 Å². The largest absolute Gasteiger partial charge is 0.309 e. The van der Waals surface area contributed by atoms with E-state index in [2.05, 4.69) is 48.9 Å². The molecule has 1 N–H and O–H groups in total. The maximum Gasteiger partial charge on any atom is 0.0597 e. The van der Waals surface area contributed by atoms with Crippen LogP contribution >= 0.6 is 0 Å². The van der Waals surface area contributed by atoms with Crippen molar-refractivity contribution in [3.8, 4) is 0 Å². The van der Waals surface area contributed by atoms with E-state index in [1.165, 1.54) is 50.6 Å². The van der Waals surface area contributed by atoms with Gasteiger partial charge in [-0.05, 0) is 32.9 Å². The van der Waals surface area contributed by atoms with Gasteiger partial charge in [0, 0.05) is 12.6 Å². The van der Waals surface area contributed by atoms with E-state index in [9.17, 15) is 0 Å². The molecular weight excluding hydrogens is 246 g/mol. The quantitative estimate of drug-likeness (QED) is 0.599. The lowest BCUT2D eigenvalue weighted by atomic mass is 10.0. The second-order valence-corrected chi connectivity index (χ2v) is 5.69. The van der Waals surface area contributed by atoms with Crippen molar-refractivity contribution in [3.63, 3.8) is 0 Å². The Morgan fingerprint density at radius 2 is 1.80 bits per heavy atom. The fourth-order valence-electron chi connectivity index (χ4n) is 2.83. The number of rotatable bonds is 11. The van der Waals surface area contributed by atoms with Crippen molar-refractivity contribution in [2.24, 2.45) is 0 Å². The Kier molecular flexibility index (Phi) is 8.59. The van der Waals surface area contributed by atoms with Crippen LogP contribution in [0, 0.1) is 6.92 Å². The zero-order chi connectivity index (χ0) is 14.8. The van der Waals surface area contributed by atoms with E-state index in [0.717, 1.165) is 18.8 Å². The normalized spacial score (nSPS) is 12.8. The van der Waals surface area contributed by atoms with Crippen LogP contribution < -0.4 is 5.32 Å². The number of hydrogen-bond donors (Lipinski definition) is 1. The fraction of sp³-hybridized carbons (Fsp3) is 0.824. The Balaban J connectivity index is 2.47. The summed E-state index contributed by atoms with van der Waals surface area (Å²) >= 11 is 0. The molecule has 0 bridgehead atoms. The smallest absolute Gasteiger partial charge is 0.0597 e. The minimum Gasteiger partial charge on any atom is -0.309 e. The molecule has 0 aromatic carbocycles. The van der Waals surface area contributed by atoms with E-state index in [1.807, 2.05) is 0 Å². The summed E-state index contributed by atoms with van der Waals surface area (Å²) in [6, 6.07) is 2.71. The first kappa shape index (κ1) is 17.2. The van der Waals surface area contributed by atoms with Gasteiger partial charge in [0.1, 0.15) is 0 Å². The molecule has 0 aliphatic rings. The highest BCUT2D eigenvalue weighted by Gasteiger charge is 2.15. The van der Waals surface area contributed by atoms with Crippen molar-refractivity contribution in [1.82, 2.24) is 15.1 Å². The molecule has 1 heterocycles. The van der Waals surface area contributed by atoms with E-state index in [1.54, 1.807) is 0 Å². The lowest BCUT2D eigenvalue weighted by Crippen LogP contribution is -2.23. The van der Waals surface area contributed by atoms with Crippen molar-refractivity contribution >= 4 is 0 Å². The van der Waals surface area contributed by atoms with Crippen molar-refractivity contribution in [3.05, 3.63) is 17.5 Å². The number of hydrogen-bond acceptors (Lipinski definition) is 2. The van der Waals surface area contributed by atoms with Gasteiger partial charge in [-0.15, -0.1) is 0 Å². The molecular formula is C17H33N3. The van der Waals surface area contributed by atoms with Crippen molar-refractivity contribution in [2.45, 2.75) is 85.2 Å². The minimum absolute atomic E-state index is 0.465. The molecule has 0 amide bonds. The lowest BCUT2D eigenvalue weighted by Gasteiger charge is -2.19. The molecule has 3 heteroatoms. The number of unbranched alkanes of at least 4 members (excludes halogenated alkanes) is 5. The standard InChI is InChI=1S/C17H33N3/c1-5-8-9-10-11-12-13-16(18-6-2)17-14-15(4)19-20(17)7-3/h14,16,18H,5-13H2,1-4H3. The molecule has 0 aliphatic carbocycles. The molecule has 20 heavy (non-hydrogen) atoms. The molecule has 116 valence electrons. The molecule has 0 saturated carbocycles. The van der Waals surface area contributed by atoms with Crippen LogP contribution in [0.5, 0.6) is 0 Å². The second kappa shape index (κ2) is 9.98. The summed E-state index contributed by atoms with van der Waals surface area (Å²) in [5.41, 5.74) is 2.49. The zero-order valence-electron chi connectivity index (χ0n) is 13.9. The maximum atomic E-state index is 4.58. The predicted octanol–water partition coefficient (Wildman–Crippen LogP) is 4.61. The van der Waals surface area contributed by atoms with E-state index in [-0.39, 0.29) is 0 Å². The summed E-state index contributed by atoms with van der Waals surface area (Å²) in [6.45, 7) is 10.7. The second-order valence-electron chi connectivity index (χ2n) is 5.69. The molecule has 1 aromatic rings.